The largest absolute Gasteiger partial charge is 0.308 e. The predicted molar refractivity (Wildman–Crippen MR) is 103 cm³/mol. The Labute approximate surface area is 159 Å². The minimum absolute atomic E-state index is 0.0678. The van der Waals surface area contributed by atoms with Crippen LogP contribution in [0, 0.1) is 5.82 Å². The number of amides is 1. The normalized spacial score (nSPS) is 17.6. The minimum Gasteiger partial charge on any atom is -0.308 e. The zero-order valence-corrected chi connectivity index (χ0v) is 15.7. The number of fused-ring (bicyclic) bond motifs is 1. The number of benzene rings is 2. The first-order valence-electron chi connectivity index (χ1n) is 8.34. The SMILES string of the molecule is CN(Cc1nc2cc(Cl)ccc2s1)[C@@H]1CCN(c2ccccc2F)C1=O. The third kappa shape index (κ3) is 3.20. The summed E-state index contributed by atoms with van der Waals surface area (Å²) in [5.41, 5.74) is 1.22. The Morgan fingerprint density at radius 1 is 1.35 bits per heavy atom. The van der Waals surface area contributed by atoms with E-state index in [-0.39, 0.29) is 17.8 Å². The summed E-state index contributed by atoms with van der Waals surface area (Å²) in [6, 6.07) is 11.8. The van der Waals surface area contributed by atoms with Gasteiger partial charge in [0.2, 0.25) is 5.91 Å². The number of carbonyl (C=O) groups is 1. The zero-order valence-electron chi connectivity index (χ0n) is 14.2. The quantitative estimate of drug-likeness (QED) is 0.666. The number of hydrogen-bond acceptors (Lipinski definition) is 4. The van der Waals surface area contributed by atoms with Crippen molar-refractivity contribution in [2.45, 2.75) is 19.0 Å². The molecule has 1 fully saturated rings. The summed E-state index contributed by atoms with van der Waals surface area (Å²) in [6.07, 6.45) is 0.667. The summed E-state index contributed by atoms with van der Waals surface area (Å²) in [4.78, 5) is 20.9. The predicted octanol–water partition coefficient (Wildman–Crippen LogP) is 4.33. The van der Waals surface area contributed by atoms with Crippen molar-refractivity contribution in [1.29, 1.82) is 0 Å². The van der Waals surface area contributed by atoms with Crippen LogP contribution in [-0.4, -0.2) is 35.4 Å². The first-order chi connectivity index (χ1) is 12.5. The highest BCUT2D eigenvalue weighted by Crippen LogP contribution is 2.29. The maximum atomic E-state index is 14.0. The third-order valence-electron chi connectivity index (χ3n) is 4.63. The van der Waals surface area contributed by atoms with Crippen molar-refractivity contribution < 1.29 is 9.18 Å². The molecule has 1 saturated heterocycles. The molecule has 0 bridgehead atoms. The van der Waals surface area contributed by atoms with Gasteiger partial charge in [0.15, 0.2) is 0 Å². The number of nitrogens with zero attached hydrogens (tertiary/aromatic N) is 3. The Balaban J connectivity index is 1.50. The maximum Gasteiger partial charge on any atom is 0.244 e. The van der Waals surface area contributed by atoms with Gasteiger partial charge in [-0.25, -0.2) is 9.37 Å². The molecular formula is C19H17ClFN3OS. The molecule has 26 heavy (non-hydrogen) atoms. The fraction of sp³-hybridized carbons (Fsp3) is 0.263. The van der Waals surface area contributed by atoms with E-state index in [1.807, 2.05) is 30.1 Å². The molecule has 7 heteroatoms. The highest BCUT2D eigenvalue weighted by Gasteiger charge is 2.36. The van der Waals surface area contributed by atoms with E-state index in [4.69, 9.17) is 11.6 Å². The monoisotopic (exact) mass is 389 g/mol. The van der Waals surface area contributed by atoms with Gasteiger partial charge in [0, 0.05) is 11.6 Å². The van der Waals surface area contributed by atoms with E-state index in [1.54, 1.807) is 29.5 Å². The number of halogens is 2. The Hall–Kier alpha value is -2.02. The molecule has 0 N–H and O–H groups in total. The van der Waals surface area contributed by atoms with E-state index in [2.05, 4.69) is 4.98 Å². The molecule has 4 rings (SSSR count). The number of carbonyl (C=O) groups excluding carboxylic acids is 1. The number of hydrogen-bond donors (Lipinski definition) is 0. The second kappa shape index (κ2) is 6.95. The van der Waals surface area contributed by atoms with E-state index in [1.165, 1.54) is 11.0 Å². The van der Waals surface area contributed by atoms with E-state index in [9.17, 15) is 9.18 Å². The van der Waals surface area contributed by atoms with Crippen LogP contribution in [0.1, 0.15) is 11.4 Å². The first-order valence-corrected chi connectivity index (χ1v) is 9.53. The molecule has 0 aliphatic carbocycles. The number of aromatic nitrogens is 1. The van der Waals surface area contributed by atoms with Crippen LogP contribution in [0.15, 0.2) is 42.5 Å². The molecular weight excluding hydrogens is 373 g/mol. The van der Waals surface area contributed by atoms with Crippen LogP contribution in [0.5, 0.6) is 0 Å². The smallest absolute Gasteiger partial charge is 0.244 e. The lowest BCUT2D eigenvalue weighted by molar-refractivity contribution is -0.121. The zero-order chi connectivity index (χ0) is 18.3. The molecule has 134 valence electrons. The van der Waals surface area contributed by atoms with Crippen LogP contribution < -0.4 is 4.90 Å². The Morgan fingerprint density at radius 3 is 2.96 bits per heavy atom. The van der Waals surface area contributed by atoms with E-state index >= 15 is 0 Å². The Morgan fingerprint density at radius 2 is 2.15 bits per heavy atom. The number of thiazole rings is 1. The first kappa shape index (κ1) is 17.4. The topological polar surface area (TPSA) is 36.4 Å². The second-order valence-corrected chi connectivity index (χ2v) is 7.93. The van der Waals surface area contributed by atoms with Crippen LogP contribution in [0.4, 0.5) is 10.1 Å². The summed E-state index contributed by atoms with van der Waals surface area (Å²) in [5.74, 6) is -0.436. The molecule has 1 aliphatic rings. The van der Waals surface area contributed by atoms with Gasteiger partial charge in [-0.15, -0.1) is 11.3 Å². The van der Waals surface area contributed by atoms with Gasteiger partial charge in [0.05, 0.1) is 28.5 Å². The van der Waals surface area contributed by atoms with Crippen LogP contribution in [0.25, 0.3) is 10.2 Å². The molecule has 1 aromatic heterocycles. The van der Waals surface area contributed by atoms with Gasteiger partial charge in [-0.05, 0) is 43.8 Å². The summed E-state index contributed by atoms with van der Waals surface area (Å²) in [5, 5.41) is 1.59. The fourth-order valence-electron chi connectivity index (χ4n) is 3.32. The van der Waals surface area contributed by atoms with Crippen LogP contribution >= 0.6 is 22.9 Å². The molecule has 1 atom stereocenters. The molecule has 1 amide bonds. The maximum absolute atomic E-state index is 14.0. The average Bonchev–Trinajstić information content (AvgIpc) is 3.18. The van der Waals surface area contributed by atoms with Crippen LogP contribution in [-0.2, 0) is 11.3 Å². The lowest BCUT2D eigenvalue weighted by atomic mass is 10.2. The van der Waals surface area contributed by atoms with Gasteiger partial charge >= 0.3 is 0 Å². The van der Waals surface area contributed by atoms with Crippen molar-refractivity contribution in [1.82, 2.24) is 9.88 Å². The van der Waals surface area contributed by atoms with Crippen molar-refractivity contribution in [2.75, 3.05) is 18.5 Å². The van der Waals surface area contributed by atoms with Gasteiger partial charge in [-0.3, -0.25) is 9.69 Å². The number of rotatable bonds is 4. The highest BCUT2D eigenvalue weighted by atomic mass is 35.5. The Kier molecular flexibility index (Phi) is 4.65. The molecule has 0 saturated carbocycles. The minimum atomic E-state index is -0.368. The third-order valence-corrected chi connectivity index (χ3v) is 5.89. The van der Waals surface area contributed by atoms with E-state index < -0.39 is 0 Å². The molecule has 4 nitrogen and oxygen atoms in total. The molecule has 3 aromatic rings. The van der Waals surface area contributed by atoms with Crippen molar-refractivity contribution in [3.63, 3.8) is 0 Å². The summed E-state index contributed by atoms with van der Waals surface area (Å²) >= 11 is 7.61. The molecule has 1 aliphatic heterocycles. The summed E-state index contributed by atoms with van der Waals surface area (Å²) in [6.45, 7) is 1.09. The van der Waals surface area contributed by atoms with Gasteiger partial charge < -0.3 is 4.90 Å². The molecule has 0 radical (unpaired) electrons. The fourth-order valence-corrected chi connectivity index (χ4v) is 4.50. The van der Waals surface area contributed by atoms with Crippen LogP contribution in [0.2, 0.25) is 5.02 Å². The van der Waals surface area contributed by atoms with Crippen molar-refractivity contribution in [3.05, 3.63) is 58.3 Å². The molecule has 0 unspecified atom stereocenters. The van der Waals surface area contributed by atoms with Gasteiger partial charge in [0.25, 0.3) is 0 Å². The van der Waals surface area contributed by atoms with Crippen LogP contribution in [0.3, 0.4) is 0 Å². The van der Waals surface area contributed by atoms with E-state index in [0.29, 0.717) is 30.2 Å². The van der Waals surface area contributed by atoms with Gasteiger partial charge in [-0.2, -0.15) is 0 Å². The lowest BCUT2D eigenvalue weighted by Gasteiger charge is -2.23. The van der Waals surface area contributed by atoms with E-state index in [0.717, 1.165) is 15.2 Å². The molecule has 0 spiro atoms. The summed E-state index contributed by atoms with van der Waals surface area (Å²) < 4.78 is 15.1. The lowest BCUT2D eigenvalue weighted by Crippen LogP contribution is -2.39. The number of para-hydroxylation sites is 1. The van der Waals surface area contributed by atoms with Crippen molar-refractivity contribution in [3.8, 4) is 0 Å². The van der Waals surface area contributed by atoms with Crippen molar-refractivity contribution >= 4 is 44.7 Å². The van der Waals surface area contributed by atoms with Gasteiger partial charge in [0.1, 0.15) is 10.8 Å². The van der Waals surface area contributed by atoms with Crippen molar-refractivity contribution in [2.24, 2.45) is 0 Å². The summed E-state index contributed by atoms with van der Waals surface area (Å²) in [7, 11) is 1.91. The molecule has 2 heterocycles. The number of likely N-dealkylation sites (N-methyl/N-ethyl adjacent to an activating group) is 1. The molecule has 2 aromatic carbocycles. The average molecular weight is 390 g/mol. The van der Waals surface area contributed by atoms with Gasteiger partial charge in [-0.1, -0.05) is 23.7 Å². The highest BCUT2D eigenvalue weighted by molar-refractivity contribution is 7.18. The standard InChI is InChI=1S/C19H17ClFN3OS/c1-23(11-18-22-14-10-12(20)6-7-17(14)26-18)16-8-9-24(19(16)25)15-5-3-2-4-13(15)21/h2-7,10,16H,8-9,11H2,1H3/t16-/m1/s1. The number of anilines is 1. The second-order valence-electron chi connectivity index (χ2n) is 6.38. The Bertz CT molecular complexity index is 976.